The number of ketones is 1. The van der Waals surface area contributed by atoms with Crippen LogP contribution in [0, 0.1) is 0 Å². The summed E-state index contributed by atoms with van der Waals surface area (Å²) in [6, 6.07) is 0. The molecule has 2 heterocycles. The van der Waals surface area contributed by atoms with Gasteiger partial charge in [0.2, 0.25) is 0 Å². The summed E-state index contributed by atoms with van der Waals surface area (Å²) in [5, 5.41) is 0. The molecule has 0 amide bonds. The summed E-state index contributed by atoms with van der Waals surface area (Å²) < 4.78 is 28.7. The number of carbonyl (C=O) groups is 2. The van der Waals surface area contributed by atoms with Crippen LogP contribution in [0.5, 0.6) is 0 Å². The van der Waals surface area contributed by atoms with Crippen molar-refractivity contribution in [2.45, 2.75) is 90.0 Å². The van der Waals surface area contributed by atoms with Gasteiger partial charge >= 0.3 is 5.97 Å². The average Bonchev–Trinajstić information content (AvgIpc) is 3.16. The van der Waals surface area contributed by atoms with Crippen LogP contribution in [-0.4, -0.2) is 55.4 Å². The molecular formula is C19H32O7. The molecule has 0 N–H and O–H groups in total. The summed E-state index contributed by atoms with van der Waals surface area (Å²) in [4.78, 5) is 22.9. The SMILES string of the molecule is CCCCOC(=O)CCC1(C)OCC(C2COC(C)(CCC(C)=O)O2)O1. The Hall–Kier alpha value is -1.02. The zero-order valence-electron chi connectivity index (χ0n) is 16.4. The Balaban J connectivity index is 1.75. The predicted octanol–water partition coefficient (Wildman–Crippen LogP) is 2.74. The number of ether oxygens (including phenoxy) is 5. The molecule has 2 saturated heterocycles. The molecule has 0 aromatic heterocycles. The first-order valence-corrected chi connectivity index (χ1v) is 9.54. The van der Waals surface area contributed by atoms with Crippen molar-refractivity contribution < 1.29 is 33.3 Å². The largest absolute Gasteiger partial charge is 0.466 e. The Morgan fingerprint density at radius 1 is 1.00 bits per heavy atom. The van der Waals surface area contributed by atoms with Crippen LogP contribution in [0.25, 0.3) is 0 Å². The van der Waals surface area contributed by atoms with Crippen molar-refractivity contribution in [3.8, 4) is 0 Å². The summed E-state index contributed by atoms with van der Waals surface area (Å²) >= 11 is 0. The highest BCUT2D eigenvalue weighted by Gasteiger charge is 2.47. The monoisotopic (exact) mass is 372 g/mol. The highest BCUT2D eigenvalue weighted by Crippen LogP contribution is 2.36. The van der Waals surface area contributed by atoms with E-state index < -0.39 is 11.6 Å². The first-order chi connectivity index (χ1) is 12.3. The molecule has 0 spiro atoms. The maximum absolute atomic E-state index is 11.8. The molecule has 0 radical (unpaired) electrons. The topological polar surface area (TPSA) is 80.3 Å². The second kappa shape index (κ2) is 9.26. The fourth-order valence-electron chi connectivity index (χ4n) is 3.06. The van der Waals surface area contributed by atoms with Crippen molar-refractivity contribution in [1.29, 1.82) is 0 Å². The zero-order chi connectivity index (χ0) is 19.2. The van der Waals surface area contributed by atoms with Gasteiger partial charge in [-0.1, -0.05) is 13.3 Å². The van der Waals surface area contributed by atoms with E-state index >= 15 is 0 Å². The molecule has 0 aromatic carbocycles. The van der Waals surface area contributed by atoms with E-state index in [4.69, 9.17) is 23.7 Å². The number of hydrogen-bond donors (Lipinski definition) is 0. The van der Waals surface area contributed by atoms with Gasteiger partial charge in [0.05, 0.1) is 26.2 Å². The summed E-state index contributed by atoms with van der Waals surface area (Å²) in [6.07, 6.45) is 3.00. The van der Waals surface area contributed by atoms with Gasteiger partial charge in [0.25, 0.3) is 0 Å². The van der Waals surface area contributed by atoms with Crippen LogP contribution >= 0.6 is 0 Å². The van der Waals surface area contributed by atoms with Crippen LogP contribution in [0.4, 0.5) is 0 Å². The van der Waals surface area contributed by atoms with Crippen molar-refractivity contribution in [2.24, 2.45) is 0 Å². The number of rotatable bonds is 10. The molecule has 2 rings (SSSR count). The minimum atomic E-state index is -0.823. The zero-order valence-corrected chi connectivity index (χ0v) is 16.4. The molecule has 0 aliphatic carbocycles. The Morgan fingerprint density at radius 3 is 2.04 bits per heavy atom. The van der Waals surface area contributed by atoms with Crippen LogP contribution < -0.4 is 0 Å². The molecule has 150 valence electrons. The third-order valence-corrected chi connectivity index (χ3v) is 4.80. The maximum Gasteiger partial charge on any atom is 0.305 e. The van der Waals surface area contributed by atoms with Gasteiger partial charge in [-0.3, -0.25) is 4.79 Å². The van der Waals surface area contributed by atoms with E-state index in [0.717, 1.165) is 12.8 Å². The van der Waals surface area contributed by atoms with Crippen molar-refractivity contribution >= 4 is 11.8 Å². The van der Waals surface area contributed by atoms with Crippen LogP contribution in [0.1, 0.15) is 66.2 Å². The molecule has 2 aliphatic rings. The number of Topliss-reactive ketones (excluding diaryl/α,β-unsaturated/α-hetero) is 1. The molecule has 4 unspecified atom stereocenters. The number of unbranched alkanes of at least 4 members (excludes halogenated alkanes) is 1. The van der Waals surface area contributed by atoms with E-state index in [-0.39, 0.29) is 30.4 Å². The highest BCUT2D eigenvalue weighted by molar-refractivity contribution is 5.75. The van der Waals surface area contributed by atoms with E-state index in [1.165, 1.54) is 0 Å². The number of esters is 1. The van der Waals surface area contributed by atoms with Crippen LogP contribution in [0.2, 0.25) is 0 Å². The molecule has 0 bridgehead atoms. The predicted molar refractivity (Wildman–Crippen MR) is 93.5 cm³/mol. The number of carbonyl (C=O) groups excluding carboxylic acids is 2. The molecule has 26 heavy (non-hydrogen) atoms. The first-order valence-electron chi connectivity index (χ1n) is 9.54. The third kappa shape index (κ3) is 6.30. The van der Waals surface area contributed by atoms with Crippen molar-refractivity contribution in [3.63, 3.8) is 0 Å². The molecule has 2 aliphatic heterocycles. The minimum Gasteiger partial charge on any atom is -0.466 e. The molecule has 4 atom stereocenters. The van der Waals surface area contributed by atoms with Crippen LogP contribution in [-0.2, 0) is 33.3 Å². The first kappa shape index (κ1) is 21.3. The Labute approximate surface area is 155 Å². The Kier molecular flexibility index (Phi) is 7.58. The lowest BCUT2D eigenvalue weighted by Crippen LogP contribution is -2.36. The molecule has 7 nitrogen and oxygen atoms in total. The molecule has 0 aromatic rings. The molecular weight excluding hydrogens is 340 g/mol. The van der Waals surface area contributed by atoms with Gasteiger partial charge in [-0.15, -0.1) is 0 Å². The average molecular weight is 372 g/mol. The molecule has 2 fully saturated rings. The van der Waals surface area contributed by atoms with Crippen molar-refractivity contribution in [2.75, 3.05) is 19.8 Å². The van der Waals surface area contributed by atoms with Crippen LogP contribution in [0.3, 0.4) is 0 Å². The lowest BCUT2D eigenvalue weighted by Gasteiger charge is -2.26. The van der Waals surface area contributed by atoms with E-state index in [9.17, 15) is 9.59 Å². The van der Waals surface area contributed by atoms with E-state index in [1.54, 1.807) is 6.92 Å². The minimum absolute atomic E-state index is 0.112. The van der Waals surface area contributed by atoms with Gasteiger partial charge in [0.1, 0.15) is 18.0 Å². The summed E-state index contributed by atoms with van der Waals surface area (Å²) in [7, 11) is 0. The fraction of sp³-hybridized carbons (Fsp3) is 0.895. The number of hydrogen-bond acceptors (Lipinski definition) is 7. The standard InChI is InChI=1S/C19H32O7/c1-5-6-11-22-17(21)8-10-19(4)24-13-16(26-19)15-12-23-18(3,25-15)9-7-14(2)20/h15-16H,5-13H2,1-4H3. The molecule has 0 saturated carbocycles. The second-order valence-electron chi connectivity index (χ2n) is 7.48. The fourth-order valence-corrected chi connectivity index (χ4v) is 3.06. The Morgan fingerprint density at radius 2 is 1.54 bits per heavy atom. The van der Waals surface area contributed by atoms with Gasteiger partial charge in [0.15, 0.2) is 11.6 Å². The van der Waals surface area contributed by atoms with Gasteiger partial charge < -0.3 is 28.5 Å². The van der Waals surface area contributed by atoms with Gasteiger partial charge in [-0.05, 0) is 27.2 Å². The van der Waals surface area contributed by atoms with E-state index in [1.807, 2.05) is 13.8 Å². The maximum atomic E-state index is 11.8. The smallest absolute Gasteiger partial charge is 0.305 e. The van der Waals surface area contributed by atoms with Crippen LogP contribution in [0.15, 0.2) is 0 Å². The Bertz CT molecular complexity index is 494. The van der Waals surface area contributed by atoms with Crippen molar-refractivity contribution in [3.05, 3.63) is 0 Å². The summed E-state index contributed by atoms with van der Waals surface area (Å²) in [6.45, 7) is 8.53. The van der Waals surface area contributed by atoms with Crippen molar-refractivity contribution in [1.82, 2.24) is 0 Å². The summed E-state index contributed by atoms with van der Waals surface area (Å²) in [5.41, 5.74) is 0. The third-order valence-electron chi connectivity index (χ3n) is 4.80. The quantitative estimate of drug-likeness (QED) is 0.431. The van der Waals surface area contributed by atoms with E-state index in [0.29, 0.717) is 39.1 Å². The van der Waals surface area contributed by atoms with Gasteiger partial charge in [-0.2, -0.15) is 0 Å². The molecule has 7 heteroatoms. The highest BCUT2D eigenvalue weighted by atomic mass is 16.8. The lowest BCUT2D eigenvalue weighted by atomic mass is 10.1. The van der Waals surface area contributed by atoms with Gasteiger partial charge in [0, 0.05) is 19.3 Å². The second-order valence-corrected chi connectivity index (χ2v) is 7.48. The normalized spacial score (nSPS) is 34.2. The lowest BCUT2D eigenvalue weighted by molar-refractivity contribution is -0.193. The van der Waals surface area contributed by atoms with Gasteiger partial charge in [-0.25, -0.2) is 0 Å². The van der Waals surface area contributed by atoms with E-state index in [2.05, 4.69) is 6.92 Å². The summed E-state index contributed by atoms with van der Waals surface area (Å²) in [5.74, 6) is -1.70.